The molecular formula is C38H60O7. The molecule has 7 aliphatic rings. The van der Waals surface area contributed by atoms with E-state index in [1.165, 1.54) is 0 Å². The summed E-state index contributed by atoms with van der Waals surface area (Å²) in [6.07, 6.45) is 13.3. The van der Waals surface area contributed by atoms with Gasteiger partial charge in [0.05, 0.1) is 17.1 Å². The van der Waals surface area contributed by atoms with Crippen molar-refractivity contribution in [2.24, 2.45) is 57.7 Å². The maximum absolute atomic E-state index is 14.0. The molecule has 0 aliphatic heterocycles. The van der Waals surface area contributed by atoms with Gasteiger partial charge in [-0.25, -0.2) is 0 Å². The third-order valence-electron chi connectivity index (χ3n) is 15.0. The van der Waals surface area contributed by atoms with Gasteiger partial charge in [-0.05, 0) is 150 Å². The zero-order chi connectivity index (χ0) is 32.6. The van der Waals surface area contributed by atoms with Crippen LogP contribution >= 0.6 is 0 Å². The molecule has 7 rings (SSSR count). The van der Waals surface area contributed by atoms with Crippen LogP contribution in [0.2, 0.25) is 0 Å². The highest BCUT2D eigenvalue weighted by Gasteiger charge is 2.63. The van der Waals surface area contributed by atoms with Gasteiger partial charge in [-0.2, -0.15) is 0 Å². The fourth-order valence-corrected chi connectivity index (χ4v) is 13.4. The topological polar surface area (TPSA) is 121 Å². The molecule has 254 valence electrons. The van der Waals surface area contributed by atoms with Crippen molar-refractivity contribution in [3.8, 4) is 0 Å². The van der Waals surface area contributed by atoms with Crippen LogP contribution in [-0.4, -0.2) is 50.3 Å². The maximum atomic E-state index is 14.0. The number of esters is 1. The summed E-state index contributed by atoms with van der Waals surface area (Å²) < 4.78 is 6.27. The van der Waals surface area contributed by atoms with Gasteiger partial charge in [0.1, 0.15) is 11.9 Å². The van der Waals surface area contributed by atoms with Crippen LogP contribution in [0.3, 0.4) is 0 Å². The van der Waals surface area contributed by atoms with E-state index in [0.29, 0.717) is 55.8 Å². The third kappa shape index (κ3) is 5.82. The second-order valence-corrected chi connectivity index (χ2v) is 18.1. The van der Waals surface area contributed by atoms with Gasteiger partial charge in [0.25, 0.3) is 0 Å². The Labute approximate surface area is 270 Å². The molecule has 0 aromatic carbocycles. The summed E-state index contributed by atoms with van der Waals surface area (Å²) in [5.41, 5.74) is -1.93. The van der Waals surface area contributed by atoms with Crippen LogP contribution < -0.4 is 0 Å². The Morgan fingerprint density at radius 2 is 1.56 bits per heavy atom. The first-order chi connectivity index (χ1) is 21.0. The van der Waals surface area contributed by atoms with Crippen molar-refractivity contribution >= 4 is 17.7 Å². The van der Waals surface area contributed by atoms with Gasteiger partial charge in [-0.15, -0.1) is 0 Å². The van der Waals surface area contributed by atoms with Gasteiger partial charge in [0, 0.05) is 17.8 Å². The summed E-state index contributed by atoms with van der Waals surface area (Å²) in [6, 6.07) is 0. The predicted molar refractivity (Wildman–Crippen MR) is 171 cm³/mol. The van der Waals surface area contributed by atoms with Crippen molar-refractivity contribution in [2.45, 2.75) is 161 Å². The largest absolute Gasteiger partial charge is 0.481 e. The van der Waals surface area contributed by atoms with Crippen molar-refractivity contribution in [3.63, 3.8) is 0 Å². The minimum atomic E-state index is -0.848. The molecule has 0 heterocycles. The molecule has 0 amide bonds. The number of carbonyl (C=O) groups is 3. The lowest BCUT2D eigenvalue weighted by atomic mass is 9.40. The van der Waals surface area contributed by atoms with E-state index in [4.69, 9.17) is 4.74 Å². The van der Waals surface area contributed by atoms with Crippen molar-refractivity contribution in [1.82, 2.24) is 0 Å². The summed E-state index contributed by atoms with van der Waals surface area (Å²) in [5.74, 6) is 0.553. The molecule has 11 unspecified atom stereocenters. The van der Waals surface area contributed by atoms with Crippen LogP contribution in [0, 0.1) is 57.7 Å². The normalized spacial score (nSPS) is 48.2. The van der Waals surface area contributed by atoms with Gasteiger partial charge in [-0.3, -0.25) is 14.4 Å². The molecule has 0 aromatic rings. The lowest BCUT2D eigenvalue weighted by molar-refractivity contribution is -0.205. The summed E-state index contributed by atoms with van der Waals surface area (Å²) in [4.78, 5) is 39.1. The minimum Gasteiger partial charge on any atom is -0.481 e. The van der Waals surface area contributed by atoms with Gasteiger partial charge in [0.2, 0.25) is 0 Å². The highest BCUT2D eigenvalue weighted by Crippen LogP contribution is 2.68. The Kier molecular flexibility index (Phi) is 8.62. The maximum Gasteiger partial charge on any atom is 0.309 e. The van der Waals surface area contributed by atoms with Crippen LogP contribution in [0.4, 0.5) is 0 Å². The van der Waals surface area contributed by atoms with Crippen LogP contribution in [0.5, 0.6) is 0 Å². The fraction of sp³-hybridized carbons (Fsp3) is 0.921. The fourth-order valence-electron chi connectivity index (χ4n) is 13.4. The Morgan fingerprint density at radius 3 is 2.18 bits per heavy atom. The van der Waals surface area contributed by atoms with Crippen LogP contribution in [-0.2, 0) is 19.1 Å². The van der Waals surface area contributed by atoms with Crippen LogP contribution in [0.15, 0.2) is 0 Å². The first-order valence-corrected chi connectivity index (χ1v) is 18.4. The average molecular weight is 629 g/mol. The summed E-state index contributed by atoms with van der Waals surface area (Å²) >= 11 is 0. The number of carbonyl (C=O) groups excluding carboxylic acids is 2. The van der Waals surface area contributed by atoms with Gasteiger partial charge >= 0.3 is 11.9 Å². The molecule has 0 radical (unpaired) electrons. The Bertz CT molecular complexity index is 1160. The molecule has 11 atom stereocenters. The van der Waals surface area contributed by atoms with Crippen molar-refractivity contribution < 1.29 is 34.4 Å². The highest BCUT2D eigenvalue weighted by atomic mass is 16.5. The number of hydrogen-bond acceptors (Lipinski definition) is 6. The van der Waals surface area contributed by atoms with E-state index >= 15 is 0 Å². The second-order valence-electron chi connectivity index (χ2n) is 18.1. The second kappa shape index (κ2) is 11.6. The minimum absolute atomic E-state index is 0.0375. The van der Waals surface area contributed by atoms with Crippen molar-refractivity contribution in [1.29, 1.82) is 0 Å². The molecule has 7 aliphatic carbocycles. The number of aliphatic hydroxyl groups is 2. The van der Waals surface area contributed by atoms with E-state index in [9.17, 15) is 29.7 Å². The number of ketones is 1. The molecule has 3 N–H and O–H groups in total. The molecule has 7 heteroatoms. The van der Waals surface area contributed by atoms with Crippen LogP contribution in [0.1, 0.15) is 144 Å². The Balaban J connectivity index is 1.07. The quantitative estimate of drug-likeness (QED) is 0.221. The first kappa shape index (κ1) is 33.4. The first-order valence-electron chi connectivity index (χ1n) is 18.4. The molecule has 0 aromatic heterocycles. The lowest BCUT2D eigenvalue weighted by Gasteiger charge is -2.65. The monoisotopic (exact) mass is 628 g/mol. The zero-order valence-electron chi connectivity index (χ0n) is 28.6. The molecule has 0 spiro atoms. The third-order valence-corrected chi connectivity index (χ3v) is 15.0. The van der Waals surface area contributed by atoms with Gasteiger partial charge < -0.3 is 20.1 Å². The molecule has 7 saturated carbocycles. The van der Waals surface area contributed by atoms with E-state index < -0.39 is 22.6 Å². The number of carboxylic acids is 1. The van der Waals surface area contributed by atoms with E-state index in [1.54, 1.807) is 0 Å². The number of rotatable bonds is 10. The SMILES string of the molecule is CCC(CC(C)C(=O)C12CC3CC(CC(O)(C3)C1)C2)C(=O)OC1CCC2(C)C(CCC3(C)C(CCC(=O)O)C(C)(O)CCC23)C1. The average Bonchev–Trinajstić information content (AvgIpc) is 2.93. The summed E-state index contributed by atoms with van der Waals surface area (Å²) in [5, 5.41) is 32.0. The lowest BCUT2D eigenvalue weighted by Crippen LogP contribution is -2.61. The highest BCUT2D eigenvalue weighted by molar-refractivity contribution is 5.88. The van der Waals surface area contributed by atoms with Crippen molar-refractivity contribution in [3.05, 3.63) is 0 Å². The molecule has 45 heavy (non-hydrogen) atoms. The van der Waals surface area contributed by atoms with Crippen LogP contribution in [0.25, 0.3) is 0 Å². The standard InChI is InChI=1S/C38H60O7/c1-6-26(15-23(2)32(41)37-18-24-16-25(19-37)21-38(44,20-24)22-37)33(42)45-28-10-13-34(3)27(17-28)9-12-35(4)29(34)11-14-36(5,43)30(35)7-8-31(39)40/h23-30,43-44H,6-22H2,1-5H3,(H,39,40). The molecule has 7 fully saturated rings. The number of Topliss-reactive ketones (excluding diaryl/α,β-unsaturated/α-hetero) is 1. The Morgan fingerprint density at radius 1 is 0.889 bits per heavy atom. The van der Waals surface area contributed by atoms with Gasteiger partial charge in [-0.1, -0.05) is 27.7 Å². The van der Waals surface area contributed by atoms with Crippen molar-refractivity contribution in [2.75, 3.05) is 0 Å². The van der Waals surface area contributed by atoms with Gasteiger partial charge in [0.15, 0.2) is 0 Å². The van der Waals surface area contributed by atoms with E-state index in [0.717, 1.165) is 70.6 Å². The predicted octanol–water partition coefficient (Wildman–Crippen LogP) is 7.10. The number of ether oxygens (including phenoxy) is 1. The molecule has 0 saturated heterocycles. The van der Waals surface area contributed by atoms with E-state index in [2.05, 4.69) is 13.8 Å². The molecule has 4 bridgehead atoms. The number of hydrogen-bond donors (Lipinski definition) is 3. The van der Waals surface area contributed by atoms with E-state index in [-0.39, 0.29) is 52.9 Å². The number of fused-ring (bicyclic) bond motifs is 3. The smallest absolute Gasteiger partial charge is 0.309 e. The summed E-state index contributed by atoms with van der Waals surface area (Å²) in [7, 11) is 0. The van der Waals surface area contributed by atoms with E-state index in [1.807, 2.05) is 20.8 Å². The summed E-state index contributed by atoms with van der Waals surface area (Å²) in [6.45, 7) is 10.7. The number of aliphatic carboxylic acids is 1. The zero-order valence-corrected chi connectivity index (χ0v) is 28.6. The molecular weight excluding hydrogens is 568 g/mol. The number of carboxylic acid groups (broad SMARTS) is 1. The molecule has 7 nitrogen and oxygen atoms in total. The Hall–Kier alpha value is -1.47.